The molecule has 1 saturated heterocycles. The van der Waals surface area contributed by atoms with Gasteiger partial charge in [-0.1, -0.05) is 6.58 Å². The van der Waals surface area contributed by atoms with Crippen molar-refractivity contribution >= 4 is 27.7 Å². The fraction of sp³-hybridized carbons (Fsp3) is 0.529. The van der Waals surface area contributed by atoms with Gasteiger partial charge in [-0.15, -0.1) is 0 Å². The molecule has 3 heterocycles. The molecule has 3 rings (SSSR count). The van der Waals surface area contributed by atoms with Gasteiger partial charge in [0.05, 0.1) is 18.6 Å². The van der Waals surface area contributed by atoms with Crippen LogP contribution in [0.1, 0.15) is 12.6 Å². The first-order valence-electron chi connectivity index (χ1n) is 8.70. The summed E-state index contributed by atoms with van der Waals surface area (Å²) < 4.78 is 7.56. The normalized spacial score (nSPS) is 27.7. The van der Waals surface area contributed by atoms with E-state index in [2.05, 4.69) is 16.5 Å². The molecule has 9 nitrogen and oxygen atoms in total. The third kappa shape index (κ3) is 4.10. The third-order valence-corrected chi connectivity index (χ3v) is 6.69. The number of nitrogens with two attached hydrogens (primary N) is 2. The number of fused-ring (bicyclic) bond motifs is 1. The summed E-state index contributed by atoms with van der Waals surface area (Å²) in [5.74, 6) is 1.25. The fourth-order valence-electron chi connectivity index (χ4n) is 3.08. The van der Waals surface area contributed by atoms with Gasteiger partial charge in [-0.3, -0.25) is 4.57 Å². The standard InChI is InChI=1S/C17H26N5O4S/c1-2-27(6-4-10(18)7-23)8-12-14(24)15(25)17(26-12)22-9-21-13-11(19)3-5-20-16(13)22/h2-3,5,9-10,12,14-15,17,23-25H,1,4,6-8,18H2,(H2,19,20)/q+1/t10?,12-,14?,15+,17-,27?/m1/s1. The summed E-state index contributed by atoms with van der Waals surface area (Å²) in [5.41, 5.74) is 13.2. The minimum Gasteiger partial charge on any atom is -0.397 e. The molecule has 1 aliphatic heterocycles. The summed E-state index contributed by atoms with van der Waals surface area (Å²) in [4.78, 5) is 8.50. The maximum Gasteiger partial charge on any atom is 0.165 e. The first kappa shape index (κ1) is 20.1. The zero-order valence-electron chi connectivity index (χ0n) is 14.9. The number of aromatic nitrogens is 3. The van der Waals surface area contributed by atoms with Gasteiger partial charge in [0.1, 0.15) is 40.7 Å². The highest BCUT2D eigenvalue weighted by molar-refractivity contribution is 7.99. The van der Waals surface area contributed by atoms with Crippen LogP contribution in [0.25, 0.3) is 11.2 Å². The van der Waals surface area contributed by atoms with Crippen LogP contribution in [-0.2, 0) is 15.6 Å². The van der Waals surface area contributed by atoms with Crippen molar-refractivity contribution in [3.8, 4) is 0 Å². The van der Waals surface area contributed by atoms with Gasteiger partial charge < -0.3 is 31.5 Å². The highest BCUT2D eigenvalue weighted by atomic mass is 32.2. The Labute approximate surface area is 160 Å². The van der Waals surface area contributed by atoms with Crippen LogP contribution in [0.2, 0.25) is 0 Å². The Kier molecular flexibility index (Phi) is 6.35. The predicted molar refractivity (Wildman–Crippen MR) is 105 cm³/mol. The number of imidazole rings is 1. The second kappa shape index (κ2) is 8.55. The molecule has 10 heteroatoms. The highest BCUT2D eigenvalue weighted by Crippen LogP contribution is 2.33. The van der Waals surface area contributed by atoms with E-state index in [9.17, 15) is 10.2 Å². The zero-order chi connectivity index (χ0) is 19.6. The molecule has 0 aliphatic carbocycles. The number of nitrogens with zero attached hydrogens (tertiary/aromatic N) is 3. The zero-order valence-corrected chi connectivity index (χ0v) is 15.7. The first-order chi connectivity index (χ1) is 13.0. The van der Waals surface area contributed by atoms with Crippen LogP contribution >= 0.6 is 0 Å². The average molecular weight is 396 g/mol. The molecule has 0 aromatic carbocycles. The Morgan fingerprint density at radius 2 is 2.15 bits per heavy atom. The van der Waals surface area contributed by atoms with E-state index in [1.165, 1.54) is 6.33 Å². The summed E-state index contributed by atoms with van der Waals surface area (Å²) in [7, 11) is -0.255. The van der Waals surface area contributed by atoms with Crippen molar-refractivity contribution in [2.45, 2.75) is 37.0 Å². The number of rotatable bonds is 8. The topological polar surface area (TPSA) is 153 Å². The lowest BCUT2D eigenvalue weighted by atomic mass is 10.1. The van der Waals surface area contributed by atoms with Crippen molar-refractivity contribution in [1.29, 1.82) is 0 Å². The van der Waals surface area contributed by atoms with Crippen LogP contribution in [0.4, 0.5) is 5.69 Å². The van der Waals surface area contributed by atoms with E-state index >= 15 is 0 Å². The number of anilines is 1. The van der Waals surface area contributed by atoms with Gasteiger partial charge in [0.25, 0.3) is 0 Å². The average Bonchev–Trinajstić information content (AvgIpc) is 3.22. The molecular formula is C17H26N5O4S+. The van der Waals surface area contributed by atoms with E-state index in [0.29, 0.717) is 29.0 Å². The quantitative estimate of drug-likeness (QED) is 0.360. The van der Waals surface area contributed by atoms with Gasteiger partial charge in [-0.2, -0.15) is 0 Å². The van der Waals surface area contributed by atoms with Crippen molar-refractivity contribution in [1.82, 2.24) is 14.5 Å². The summed E-state index contributed by atoms with van der Waals surface area (Å²) >= 11 is 0. The molecule has 7 N–H and O–H groups in total. The number of pyridine rings is 1. The number of hydrogen-bond acceptors (Lipinski definition) is 8. The van der Waals surface area contributed by atoms with Crippen LogP contribution in [-0.4, -0.2) is 72.3 Å². The maximum absolute atomic E-state index is 10.5. The molecule has 1 fully saturated rings. The molecule has 0 amide bonds. The van der Waals surface area contributed by atoms with Crippen molar-refractivity contribution in [3.05, 3.63) is 30.6 Å². The predicted octanol–water partition coefficient (Wildman–Crippen LogP) is -0.896. The summed E-state index contributed by atoms with van der Waals surface area (Å²) in [6, 6.07) is 1.37. The second-order valence-electron chi connectivity index (χ2n) is 6.58. The Morgan fingerprint density at radius 3 is 2.85 bits per heavy atom. The lowest BCUT2D eigenvalue weighted by Crippen LogP contribution is -2.36. The van der Waals surface area contributed by atoms with Gasteiger partial charge in [0.15, 0.2) is 11.9 Å². The maximum atomic E-state index is 10.5. The smallest absolute Gasteiger partial charge is 0.165 e. The van der Waals surface area contributed by atoms with E-state index < -0.39 is 24.5 Å². The minimum absolute atomic E-state index is 0.0679. The van der Waals surface area contributed by atoms with Crippen LogP contribution < -0.4 is 11.5 Å². The van der Waals surface area contributed by atoms with E-state index in [4.69, 9.17) is 21.3 Å². The van der Waals surface area contributed by atoms with Gasteiger partial charge >= 0.3 is 0 Å². The highest BCUT2D eigenvalue weighted by Gasteiger charge is 2.46. The Hall–Kier alpha value is -1.69. The molecule has 3 unspecified atom stereocenters. The van der Waals surface area contributed by atoms with E-state index in [0.717, 1.165) is 5.75 Å². The van der Waals surface area contributed by atoms with Crippen LogP contribution in [0.3, 0.4) is 0 Å². The van der Waals surface area contributed by atoms with Crippen LogP contribution in [0.15, 0.2) is 30.6 Å². The van der Waals surface area contributed by atoms with Gasteiger partial charge in [-0.05, 0) is 6.07 Å². The molecular weight excluding hydrogens is 370 g/mol. The Morgan fingerprint density at radius 1 is 1.37 bits per heavy atom. The number of hydrogen-bond donors (Lipinski definition) is 5. The summed E-state index contributed by atoms with van der Waals surface area (Å²) in [5, 5.41) is 31.9. The minimum atomic E-state index is -1.12. The van der Waals surface area contributed by atoms with E-state index in [1.54, 1.807) is 16.8 Å². The molecule has 2 aromatic rings. The fourth-order valence-corrected chi connectivity index (χ4v) is 4.85. The largest absolute Gasteiger partial charge is 0.397 e. The second-order valence-corrected chi connectivity index (χ2v) is 8.73. The first-order valence-corrected chi connectivity index (χ1v) is 10.3. The molecule has 0 spiro atoms. The van der Waals surface area contributed by atoms with Crippen molar-refractivity contribution in [2.75, 3.05) is 23.8 Å². The molecule has 6 atom stereocenters. The Bertz CT molecular complexity index is 788. The Balaban J connectivity index is 1.73. The van der Waals surface area contributed by atoms with Gasteiger partial charge in [0, 0.05) is 29.6 Å². The van der Waals surface area contributed by atoms with Crippen LogP contribution in [0.5, 0.6) is 0 Å². The molecule has 2 aromatic heterocycles. The van der Waals surface area contributed by atoms with Crippen molar-refractivity contribution in [2.24, 2.45) is 5.73 Å². The molecule has 0 radical (unpaired) electrons. The van der Waals surface area contributed by atoms with Crippen LogP contribution in [0, 0.1) is 0 Å². The number of aliphatic hydroxyl groups is 3. The van der Waals surface area contributed by atoms with Gasteiger partial charge in [-0.25, -0.2) is 9.97 Å². The van der Waals surface area contributed by atoms with Crippen molar-refractivity contribution in [3.63, 3.8) is 0 Å². The number of ether oxygens (including phenoxy) is 1. The summed E-state index contributed by atoms with van der Waals surface area (Å²) in [6.07, 6.45) is 0.181. The molecule has 0 bridgehead atoms. The molecule has 0 saturated carbocycles. The van der Waals surface area contributed by atoms with E-state index in [-0.39, 0.29) is 23.5 Å². The van der Waals surface area contributed by atoms with Crippen molar-refractivity contribution < 1.29 is 20.1 Å². The molecule has 27 heavy (non-hydrogen) atoms. The SMILES string of the molecule is C=C[S+](CCC(N)CO)C[C@H]1O[C@@H](n2cnc3c(N)ccnc32)[C@@H](O)C1O. The number of aliphatic hydroxyl groups excluding tert-OH is 3. The lowest BCUT2D eigenvalue weighted by Gasteiger charge is -2.16. The lowest BCUT2D eigenvalue weighted by molar-refractivity contribution is -0.0289. The van der Waals surface area contributed by atoms with E-state index in [1.807, 2.05) is 5.41 Å². The summed E-state index contributed by atoms with van der Waals surface area (Å²) in [6.45, 7) is 3.77. The number of nitrogen functional groups attached to an aromatic ring is 1. The van der Waals surface area contributed by atoms with Gasteiger partial charge in [0.2, 0.25) is 0 Å². The molecule has 148 valence electrons. The molecule has 1 aliphatic rings. The third-order valence-electron chi connectivity index (χ3n) is 4.70. The monoisotopic (exact) mass is 396 g/mol.